The molecule has 2 nitrogen and oxygen atoms in total. The van der Waals surface area contributed by atoms with Crippen molar-refractivity contribution in [2.75, 3.05) is 18.8 Å². The number of anilines is 1. The molecule has 0 aromatic heterocycles. The smallest absolute Gasteiger partial charge is 0.0346 e. The highest BCUT2D eigenvalue weighted by molar-refractivity contribution is 5.49. The molecule has 2 heteroatoms. The second-order valence-corrected chi connectivity index (χ2v) is 3.81. The fourth-order valence-electron chi connectivity index (χ4n) is 1.85. The van der Waals surface area contributed by atoms with Gasteiger partial charge in [-0.15, -0.1) is 0 Å². The van der Waals surface area contributed by atoms with Crippen molar-refractivity contribution in [2.45, 2.75) is 19.3 Å². The fraction of sp³-hybridized carbons (Fsp3) is 0.455. The van der Waals surface area contributed by atoms with Gasteiger partial charge in [-0.3, -0.25) is 0 Å². The summed E-state index contributed by atoms with van der Waals surface area (Å²) in [5, 5.41) is 3.36. The summed E-state index contributed by atoms with van der Waals surface area (Å²) >= 11 is 0. The van der Waals surface area contributed by atoms with Crippen LogP contribution in [0.5, 0.6) is 0 Å². The molecule has 2 rings (SSSR count). The fourth-order valence-corrected chi connectivity index (χ4v) is 1.85. The molecule has 0 aliphatic carbocycles. The molecular weight excluding hydrogens is 160 g/mol. The van der Waals surface area contributed by atoms with Gasteiger partial charge in [0.25, 0.3) is 0 Å². The Morgan fingerprint density at radius 1 is 1.46 bits per heavy atom. The molecule has 3 N–H and O–H groups in total. The lowest BCUT2D eigenvalue weighted by atomic mass is 9.97. The van der Waals surface area contributed by atoms with Crippen LogP contribution in [0.15, 0.2) is 18.2 Å². The van der Waals surface area contributed by atoms with E-state index in [0.717, 1.165) is 18.8 Å². The Kier molecular flexibility index (Phi) is 2.23. The third-order valence-corrected chi connectivity index (χ3v) is 2.84. The molecule has 70 valence electrons. The lowest BCUT2D eigenvalue weighted by Crippen LogP contribution is -2.08. The van der Waals surface area contributed by atoms with Gasteiger partial charge in [0.1, 0.15) is 0 Å². The normalized spacial score (nSPS) is 22.1. The zero-order valence-electron chi connectivity index (χ0n) is 8.01. The first kappa shape index (κ1) is 8.57. The molecule has 1 aromatic carbocycles. The molecule has 1 aliphatic heterocycles. The topological polar surface area (TPSA) is 38.0 Å². The molecule has 1 saturated heterocycles. The predicted octanol–water partition coefficient (Wildman–Crippen LogP) is 1.65. The zero-order valence-corrected chi connectivity index (χ0v) is 8.01. The van der Waals surface area contributed by atoms with E-state index in [1.807, 2.05) is 6.92 Å². The Balaban J connectivity index is 2.25. The monoisotopic (exact) mass is 176 g/mol. The van der Waals surface area contributed by atoms with Crippen LogP contribution in [0.2, 0.25) is 0 Å². The van der Waals surface area contributed by atoms with Crippen molar-refractivity contribution in [1.82, 2.24) is 5.32 Å². The first-order chi connectivity index (χ1) is 6.27. The van der Waals surface area contributed by atoms with E-state index in [4.69, 9.17) is 5.73 Å². The summed E-state index contributed by atoms with van der Waals surface area (Å²) in [6.45, 7) is 4.28. The van der Waals surface area contributed by atoms with E-state index in [2.05, 4.69) is 23.5 Å². The number of benzene rings is 1. The summed E-state index contributed by atoms with van der Waals surface area (Å²) in [6, 6.07) is 6.43. The number of nitrogen functional groups attached to an aromatic ring is 1. The molecule has 0 radical (unpaired) electrons. The van der Waals surface area contributed by atoms with Crippen LogP contribution in [0.3, 0.4) is 0 Å². The maximum Gasteiger partial charge on any atom is 0.0346 e. The Bertz CT molecular complexity index is 301. The van der Waals surface area contributed by atoms with Crippen LogP contribution < -0.4 is 11.1 Å². The van der Waals surface area contributed by atoms with Gasteiger partial charge in [-0.1, -0.05) is 12.1 Å². The number of hydrogen-bond acceptors (Lipinski definition) is 2. The third kappa shape index (κ3) is 1.68. The van der Waals surface area contributed by atoms with E-state index in [0.29, 0.717) is 5.92 Å². The lowest BCUT2D eigenvalue weighted by molar-refractivity contribution is 0.763. The standard InChI is InChI=1S/C11H16N2/c1-8-2-3-9(6-11(8)12)10-4-5-13-7-10/h2-3,6,10,13H,4-5,7,12H2,1H3. The Morgan fingerprint density at radius 2 is 2.31 bits per heavy atom. The molecule has 1 unspecified atom stereocenters. The van der Waals surface area contributed by atoms with Crippen LogP contribution in [0.1, 0.15) is 23.5 Å². The van der Waals surface area contributed by atoms with Gasteiger partial charge in [-0.2, -0.15) is 0 Å². The highest BCUT2D eigenvalue weighted by Crippen LogP contribution is 2.25. The van der Waals surface area contributed by atoms with Crippen molar-refractivity contribution in [2.24, 2.45) is 0 Å². The summed E-state index contributed by atoms with van der Waals surface area (Å²) in [5.41, 5.74) is 9.35. The summed E-state index contributed by atoms with van der Waals surface area (Å²) in [5.74, 6) is 0.669. The minimum absolute atomic E-state index is 0.669. The molecule has 1 aliphatic rings. The highest BCUT2D eigenvalue weighted by Gasteiger charge is 2.16. The van der Waals surface area contributed by atoms with Crippen LogP contribution in [-0.4, -0.2) is 13.1 Å². The van der Waals surface area contributed by atoms with Crippen LogP contribution in [0.4, 0.5) is 5.69 Å². The average Bonchev–Trinajstić information content (AvgIpc) is 2.62. The second kappa shape index (κ2) is 3.38. The van der Waals surface area contributed by atoms with Crippen molar-refractivity contribution in [3.63, 3.8) is 0 Å². The predicted molar refractivity (Wildman–Crippen MR) is 55.8 cm³/mol. The van der Waals surface area contributed by atoms with E-state index in [1.54, 1.807) is 0 Å². The zero-order chi connectivity index (χ0) is 9.26. The van der Waals surface area contributed by atoms with Gasteiger partial charge in [0.2, 0.25) is 0 Å². The quantitative estimate of drug-likeness (QED) is 0.638. The first-order valence-corrected chi connectivity index (χ1v) is 4.84. The van der Waals surface area contributed by atoms with Crippen LogP contribution >= 0.6 is 0 Å². The second-order valence-electron chi connectivity index (χ2n) is 3.81. The van der Waals surface area contributed by atoms with Gasteiger partial charge in [-0.05, 0) is 43.0 Å². The molecule has 1 aromatic rings. The Labute approximate surface area is 79.1 Å². The van der Waals surface area contributed by atoms with Crippen molar-refractivity contribution >= 4 is 5.69 Å². The van der Waals surface area contributed by atoms with E-state index >= 15 is 0 Å². The molecule has 0 spiro atoms. The SMILES string of the molecule is Cc1ccc(C2CCNC2)cc1N. The largest absolute Gasteiger partial charge is 0.399 e. The molecule has 13 heavy (non-hydrogen) atoms. The number of nitrogens with two attached hydrogens (primary N) is 1. The molecule has 1 fully saturated rings. The van der Waals surface area contributed by atoms with Gasteiger partial charge in [0, 0.05) is 12.2 Å². The maximum atomic E-state index is 5.87. The molecular formula is C11H16N2. The highest BCUT2D eigenvalue weighted by atomic mass is 14.9. The van der Waals surface area contributed by atoms with Crippen LogP contribution in [-0.2, 0) is 0 Å². The van der Waals surface area contributed by atoms with Gasteiger partial charge in [0.15, 0.2) is 0 Å². The first-order valence-electron chi connectivity index (χ1n) is 4.84. The number of nitrogens with one attached hydrogen (secondary N) is 1. The number of aryl methyl sites for hydroxylation is 1. The summed E-state index contributed by atoms with van der Waals surface area (Å²) in [4.78, 5) is 0. The average molecular weight is 176 g/mol. The van der Waals surface area contributed by atoms with E-state index in [1.165, 1.54) is 17.5 Å². The van der Waals surface area contributed by atoms with Crippen LogP contribution in [0, 0.1) is 6.92 Å². The lowest BCUT2D eigenvalue weighted by Gasteiger charge is -2.10. The summed E-state index contributed by atoms with van der Waals surface area (Å²) in [6.07, 6.45) is 1.24. The molecule has 0 bridgehead atoms. The van der Waals surface area contributed by atoms with Crippen molar-refractivity contribution in [3.05, 3.63) is 29.3 Å². The summed E-state index contributed by atoms with van der Waals surface area (Å²) < 4.78 is 0. The van der Waals surface area contributed by atoms with Gasteiger partial charge in [-0.25, -0.2) is 0 Å². The van der Waals surface area contributed by atoms with E-state index < -0.39 is 0 Å². The van der Waals surface area contributed by atoms with E-state index in [-0.39, 0.29) is 0 Å². The van der Waals surface area contributed by atoms with Gasteiger partial charge >= 0.3 is 0 Å². The van der Waals surface area contributed by atoms with Gasteiger partial charge < -0.3 is 11.1 Å². The maximum absolute atomic E-state index is 5.87. The minimum atomic E-state index is 0.669. The van der Waals surface area contributed by atoms with Crippen LogP contribution in [0.25, 0.3) is 0 Å². The molecule has 1 atom stereocenters. The number of hydrogen-bond donors (Lipinski definition) is 2. The minimum Gasteiger partial charge on any atom is -0.399 e. The summed E-state index contributed by atoms with van der Waals surface area (Å²) in [7, 11) is 0. The Morgan fingerprint density at radius 3 is 2.92 bits per heavy atom. The van der Waals surface area contributed by atoms with Crippen molar-refractivity contribution < 1.29 is 0 Å². The van der Waals surface area contributed by atoms with E-state index in [9.17, 15) is 0 Å². The molecule has 0 amide bonds. The third-order valence-electron chi connectivity index (χ3n) is 2.84. The van der Waals surface area contributed by atoms with Gasteiger partial charge in [0.05, 0.1) is 0 Å². The van der Waals surface area contributed by atoms with Crippen molar-refractivity contribution in [1.29, 1.82) is 0 Å². The Hall–Kier alpha value is -1.02. The molecule has 1 heterocycles. The molecule has 0 saturated carbocycles. The number of rotatable bonds is 1. The van der Waals surface area contributed by atoms with Crippen molar-refractivity contribution in [3.8, 4) is 0 Å².